The van der Waals surface area contributed by atoms with E-state index >= 15 is 0 Å². The molecule has 0 atom stereocenters. The third-order valence-corrected chi connectivity index (χ3v) is 6.53. The third kappa shape index (κ3) is 4.42. The topological polar surface area (TPSA) is 80.5 Å². The summed E-state index contributed by atoms with van der Waals surface area (Å²) in [4.78, 5) is 25.2. The number of ether oxygens (including phenoxy) is 1. The van der Waals surface area contributed by atoms with E-state index in [1.54, 1.807) is 18.3 Å². The Hall–Kier alpha value is -2.49. The summed E-state index contributed by atoms with van der Waals surface area (Å²) >= 11 is 2.98. The molecule has 4 aromatic rings. The first-order valence-corrected chi connectivity index (χ1v) is 10.9. The summed E-state index contributed by atoms with van der Waals surface area (Å²) in [6.07, 6.45) is 0.221. The van der Waals surface area contributed by atoms with Crippen molar-refractivity contribution in [2.45, 2.75) is 26.9 Å². The third-order valence-electron chi connectivity index (χ3n) is 4.26. The first kappa shape index (κ1) is 19.8. The summed E-state index contributed by atoms with van der Waals surface area (Å²) in [6, 6.07) is 7.33. The van der Waals surface area contributed by atoms with Crippen LogP contribution in [0.1, 0.15) is 29.4 Å². The number of carbonyl (C=O) groups excluding carboxylic acids is 1. The van der Waals surface area contributed by atoms with Crippen LogP contribution >= 0.6 is 22.7 Å². The summed E-state index contributed by atoms with van der Waals surface area (Å²) in [5.74, 6) is 0.449. The van der Waals surface area contributed by atoms with Gasteiger partial charge in [0.1, 0.15) is 10.3 Å². The molecule has 9 heteroatoms. The number of rotatable bonds is 7. The molecule has 0 bridgehead atoms. The number of aryl methyl sites for hydroxylation is 1. The molecule has 0 saturated carbocycles. The molecule has 0 spiro atoms. The zero-order valence-electron chi connectivity index (χ0n) is 16.7. The normalized spacial score (nSPS) is 11.6. The van der Waals surface area contributed by atoms with Gasteiger partial charge in [0, 0.05) is 26.2 Å². The molecule has 0 aliphatic heterocycles. The molecule has 3 heterocycles. The molecule has 0 aliphatic carbocycles. The van der Waals surface area contributed by atoms with Gasteiger partial charge in [-0.1, -0.05) is 11.3 Å². The Bertz CT molecular complexity index is 1130. The number of nitrogens with one attached hydrogen (secondary N) is 1. The van der Waals surface area contributed by atoms with E-state index in [4.69, 9.17) is 9.15 Å². The van der Waals surface area contributed by atoms with Crippen molar-refractivity contribution >= 4 is 60.0 Å². The van der Waals surface area contributed by atoms with E-state index in [9.17, 15) is 4.79 Å². The Balaban J connectivity index is 1.44. The number of oxazole rings is 1. The molecule has 0 aliphatic rings. The average Bonchev–Trinajstić information content (AvgIpc) is 3.32. The van der Waals surface area contributed by atoms with Crippen LogP contribution in [0.5, 0.6) is 0 Å². The van der Waals surface area contributed by atoms with Crippen LogP contribution in [0.3, 0.4) is 0 Å². The molecule has 152 valence electrons. The zero-order chi connectivity index (χ0) is 20.5. The maximum absolute atomic E-state index is 12.7. The zero-order valence-corrected chi connectivity index (χ0v) is 18.3. The van der Waals surface area contributed by atoms with E-state index in [2.05, 4.69) is 20.2 Å². The predicted octanol–water partition coefficient (Wildman–Crippen LogP) is 4.92. The van der Waals surface area contributed by atoms with Crippen LogP contribution in [0.15, 0.2) is 28.7 Å². The predicted molar refractivity (Wildman–Crippen MR) is 119 cm³/mol. The summed E-state index contributed by atoms with van der Waals surface area (Å²) in [7, 11) is 2.00. The van der Waals surface area contributed by atoms with Crippen molar-refractivity contribution in [2.75, 3.05) is 30.4 Å². The standard InChI is InChI=1S/C20H22N4O3S2/c1-11(2)26-8-7-24(4)20-23-19-17(29-20)10-16(28-19)18(25)22-13-5-6-15-14(9-13)21-12(3)27-15/h5-6,9-11H,7-8H2,1-4H3,(H,22,25). The lowest BCUT2D eigenvalue weighted by Crippen LogP contribution is -2.23. The Morgan fingerprint density at radius 2 is 2.10 bits per heavy atom. The van der Waals surface area contributed by atoms with Crippen molar-refractivity contribution in [3.63, 3.8) is 0 Å². The number of fused-ring (bicyclic) bond motifs is 2. The smallest absolute Gasteiger partial charge is 0.265 e. The molecule has 0 unspecified atom stereocenters. The van der Waals surface area contributed by atoms with Crippen molar-refractivity contribution in [1.82, 2.24) is 9.97 Å². The van der Waals surface area contributed by atoms with Crippen LogP contribution in [0.25, 0.3) is 20.6 Å². The minimum Gasteiger partial charge on any atom is -0.441 e. The van der Waals surface area contributed by atoms with Gasteiger partial charge >= 0.3 is 0 Å². The lowest BCUT2D eigenvalue weighted by atomic mass is 10.3. The molecule has 29 heavy (non-hydrogen) atoms. The van der Waals surface area contributed by atoms with Crippen LogP contribution in [-0.4, -0.2) is 42.2 Å². The van der Waals surface area contributed by atoms with Gasteiger partial charge in [-0.3, -0.25) is 4.79 Å². The Morgan fingerprint density at radius 1 is 1.28 bits per heavy atom. The number of hydrogen-bond donors (Lipinski definition) is 1. The van der Waals surface area contributed by atoms with Crippen LogP contribution < -0.4 is 10.2 Å². The molecule has 1 aromatic carbocycles. The number of carbonyl (C=O) groups is 1. The number of likely N-dealkylation sites (N-methyl/N-ethyl adjacent to an activating group) is 1. The summed E-state index contributed by atoms with van der Waals surface area (Å²) in [5.41, 5.74) is 2.12. The van der Waals surface area contributed by atoms with Gasteiger partial charge < -0.3 is 19.4 Å². The fourth-order valence-electron chi connectivity index (χ4n) is 2.83. The van der Waals surface area contributed by atoms with Crippen LogP contribution in [-0.2, 0) is 4.74 Å². The molecule has 3 aromatic heterocycles. The average molecular weight is 431 g/mol. The number of amides is 1. The molecule has 4 rings (SSSR count). The Labute approximate surface area is 176 Å². The maximum atomic E-state index is 12.7. The number of hydrogen-bond acceptors (Lipinski definition) is 8. The second-order valence-corrected chi connectivity index (χ2v) is 9.03. The number of anilines is 2. The lowest BCUT2D eigenvalue weighted by Gasteiger charge is -2.16. The fraction of sp³-hybridized carbons (Fsp3) is 0.350. The molecule has 1 N–H and O–H groups in total. The minimum absolute atomic E-state index is 0.153. The van der Waals surface area contributed by atoms with Crippen LogP contribution in [0.4, 0.5) is 10.8 Å². The maximum Gasteiger partial charge on any atom is 0.265 e. The second kappa shape index (κ2) is 8.10. The Kier molecular flexibility index (Phi) is 5.53. The molecule has 1 amide bonds. The molecular weight excluding hydrogens is 408 g/mol. The SMILES string of the molecule is Cc1nc2cc(NC(=O)c3cc4sc(N(C)CCOC(C)C)nc4s3)ccc2o1. The first-order valence-electron chi connectivity index (χ1n) is 9.30. The highest BCUT2D eigenvalue weighted by Gasteiger charge is 2.16. The largest absolute Gasteiger partial charge is 0.441 e. The van der Waals surface area contributed by atoms with Gasteiger partial charge in [-0.05, 0) is 38.1 Å². The van der Waals surface area contributed by atoms with Gasteiger partial charge in [0.2, 0.25) is 0 Å². The van der Waals surface area contributed by atoms with Gasteiger partial charge in [-0.25, -0.2) is 9.97 Å². The van der Waals surface area contributed by atoms with Crippen molar-refractivity contribution in [2.24, 2.45) is 0 Å². The number of aromatic nitrogens is 2. The van der Waals surface area contributed by atoms with Gasteiger partial charge in [0.05, 0.1) is 22.3 Å². The highest BCUT2D eigenvalue weighted by atomic mass is 32.1. The first-order chi connectivity index (χ1) is 13.9. The monoisotopic (exact) mass is 430 g/mol. The van der Waals surface area contributed by atoms with Crippen molar-refractivity contribution in [3.8, 4) is 0 Å². The summed E-state index contributed by atoms with van der Waals surface area (Å²) in [5, 5.41) is 3.85. The molecule has 0 fully saturated rings. The lowest BCUT2D eigenvalue weighted by molar-refractivity contribution is 0.0846. The second-order valence-electron chi connectivity index (χ2n) is 6.99. The highest BCUT2D eigenvalue weighted by Crippen LogP contribution is 2.34. The van der Waals surface area contributed by atoms with Gasteiger partial charge in [0.15, 0.2) is 16.6 Å². The van der Waals surface area contributed by atoms with Crippen molar-refractivity contribution in [1.29, 1.82) is 0 Å². The van der Waals surface area contributed by atoms with E-state index in [0.717, 1.165) is 26.7 Å². The van der Waals surface area contributed by atoms with Crippen LogP contribution in [0, 0.1) is 6.92 Å². The van der Waals surface area contributed by atoms with Crippen molar-refractivity contribution in [3.05, 3.63) is 35.0 Å². The quantitative estimate of drug-likeness (QED) is 0.448. The molecular formula is C20H22N4O3S2. The number of benzene rings is 1. The minimum atomic E-state index is -0.153. The van der Waals surface area contributed by atoms with E-state index in [1.165, 1.54) is 11.3 Å². The highest BCUT2D eigenvalue weighted by molar-refractivity contribution is 7.29. The number of nitrogens with zero attached hydrogens (tertiary/aromatic N) is 3. The fourth-order valence-corrected chi connectivity index (χ4v) is 4.93. The van der Waals surface area contributed by atoms with Crippen molar-refractivity contribution < 1.29 is 13.9 Å². The van der Waals surface area contributed by atoms with E-state index < -0.39 is 0 Å². The number of thiophene rings is 1. The molecule has 7 nitrogen and oxygen atoms in total. The Morgan fingerprint density at radius 3 is 2.86 bits per heavy atom. The van der Waals surface area contributed by atoms with E-state index in [0.29, 0.717) is 28.6 Å². The van der Waals surface area contributed by atoms with Gasteiger partial charge in [0.25, 0.3) is 5.91 Å². The summed E-state index contributed by atoms with van der Waals surface area (Å²) in [6.45, 7) is 7.28. The van der Waals surface area contributed by atoms with Gasteiger partial charge in [-0.15, -0.1) is 11.3 Å². The molecule has 0 saturated heterocycles. The molecule has 0 radical (unpaired) electrons. The summed E-state index contributed by atoms with van der Waals surface area (Å²) < 4.78 is 12.1. The van der Waals surface area contributed by atoms with E-state index in [-0.39, 0.29) is 12.0 Å². The van der Waals surface area contributed by atoms with Crippen LogP contribution in [0.2, 0.25) is 0 Å². The number of thiazole rings is 1. The van der Waals surface area contributed by atoms with E-state index in [1.807, 2.05) is 45.2 Å². The van der Waals surface area contributed by atoms with Gasteiger partial charge in [-0.2, -0.15) is 0 Å².